The van der Waals surface area contributed by atoms with Crippen LogP contribution in [0, 0.1) is 6.92 Å². The first-order chi connectivity index (χ1) is 24.9. The molecule has 0 aliphatic carbocycles. The topological polar surface area (TPSA) is 79.7 Å². The van der Waals surface area contributed by atoms with Gasteiger partial charge in [-0.2, -0.15) is 0 Å². The van der Waals surface area contributed by atoms with Gasteiger partial charge in [-0.3, -0.25) is 9.36 Å². The van der Waals surface area contributed by atoms with Crippen molar-refractivity contribution >= 4 is 5.97 Å². The maximum atomic E-state index is 14.5. The van der Waals surface area contributed by atoms with Crippen LogP contribution in [-0.2, 0) is 41.8 Å². The first-order valence-corrected chi connectivity index (χ1v) is 18.2. The van der Waals surface area contributed by atoms with Gasteiger partial charge in [-0.15, -0.1) is 0 Å². The Kier molecular flexibility index (Phi) is 13.2. The Morgan fingerprint density at radius 2 is 1.41 bits per heavy atom. The lowest BCUT2D eigenvalue weighted by Crippen LogP contribution is -2.28. The minimum Gasteiger partial charge on any atom is -0.489 e. The molecule has 0 N–H and O–H groups in total. The number of ether oxygens (including phenoxy) is 3. The van der Waals surface area contributed by atoms with Crippen molar-refractivity contribution in [1.82, 2.24) is 9.55 Å². The van der Waals surface area contributed by atoms with Gasteiger partial charge in [-0.05, 0) is 79.1 Å². The van der Waals surface area contributed by atoms with Crippen molar-refractivity contribution < 1.29 is 19.0 Å². The van der Waals surface area contributed by atoms with Crippen molar-refractivity contribution in [1.29, 1.82) is 0 Å². The van der Waals surface area contributed by atoms with Crippen molar-refractivity contribution in [2.75, 3.05) is 7.11 Å². The van der Waals surface area contributed by atoms with Crippen LogP contribution in [0.5, 0.6) is 11.5 Å². The molecule has 0 fully saturated rings. The fourth-order valence-corrected chi connectivity index (χ4v) is 6.48. The summed E-state index contributed by atoms with van der Waals surface area (Å²) in [6.45, 7) is 8.79. The van der Waals surface area contributed by atoms with Gasteiger partial charge in [-0.25, -0.2) is 9.78 Å². The van der Waals surface area contributed by atoms with Crippen molar-refractivity contribution in [3.63, 3.8) is 0 Å². The fraction of sp³-hybridized carbons (Fsp3) is 0.341. The Morgan fingerprint density at radius 1 is 0.784 bits per heavy atom. The zero-order valence-corrected chi connectivity index (χ0v) is 30.6. The number of unbranched alkanes of at least 4 members (excludes halogenated alkanes) is 1. The summed E-state index contributed by atoms with van der Waals surface area (Å²) in [6, 6.07) is 31.4. The number of hydrogen-bond donors (Lipinski definition) is 0. The van der Waals surface area contributed by atoms with Crippen LogP contribution in [0.2, 0.25) is 0 Å². The van der Waals surface area contributed by atoms with Gasteiger partial charge in [0.15, 0.2) is 0 Å². The van der Waals surface area contributed by atoms with E-state index < -0.39 is 12.1 Å². The lowest BCUT2D eigenvalue weighted by Gasteiger charge is -2.23. The molecule has 0 saturated carbocycles. The molecule has 0 saturated heterocycles. The van der Waals surface area contributed by atoms with Crippen LogP contribution in [0.4, 0.5) is 0 Å². The monoisotopic (exact) mass is 686 g/mol. The molecule has 0 spiro atoms. The van der Waals surface area contributed by atoms with Gasteiger partial charge in [-0.1, -0.05) is 113 Å². The highest BCUT2D eigenvalue weighted by atomic mass is 16.6. The molecule has 0 bridgehead atoms. The lowest BCUT2D eigenvalue weighted by molar-refractivity contribution is -0.149. The highest BCUT2D eigenvalue weighted by molar-refractivity contribution is 5.77. The van der Waals surface area contributed by atoms with Gasteiger partial charge < -0.3 is 14.2 Å². The lowest BCUT2D eigenvalue weighted by atomic mass is 9.94. The SMILES string of the molecule is CCCCc1nc(C)n(-c2ccc(OCc3ccccc3)cc2)c(=O)c1Cc1cc(CCC)c(OC(C(=O)OC)c2ccccc2)c(CCC)c1. The maximum Gasteiger partial charge on any atom is 0.351 e. The average Bonchev–Trinajstić information content (AvgIpc) is 3.15. The van der Waals surface area contributed by atoms with E-state index in [1.807, 2.05) is 91.9 Å². The van der Waals surface area contributed by atoms with Gasteiger partial charge in [0.25, 0.3) is 5.56 Å². The normalized spacial score (nSPS) is 11.6. The number of aryl methyl sites for hydroxylation is 4. The van der Waals surface area contributed by atoms with Crippen molar-refractivity contribution in [3.8, 4) is 17.2 Å². The number of carbonyl (C=O) groups excluding carboxylic acids is 1. The number of nitrogens with zero attached hydrogens (tertiary/aromatic N) is 2. The van der Waals surface area contributed by atoms with Crippen LogP contribution in [0.3, 0.4) is 0 Å². The molecule has 1 atom stereocenters. The Balaban J connectivity index is 1.52. The minimum atomic E-state index is -0.891. The number of benzene rings is 4. The average molecular weight is 687 g/mol. The molecular formula is C44H50N2O5. The molecule has 1 unspecified atom stereocenters. The molecule has 4 aromatic carbocycles. The summed E-state index contributed by atoms with van der Waals surface area (Å²) in [5.74, 6) is 1.67. The van der Waals surface area contributed by atoms with Gasteiger partial charge in [0, 0.05) is 17.5 Å². The summed E-state index contributed by atoms with van der Waals surface area (Å²) in [5.41, 5.74) is 7.13. The third-order valence-electron chi connectivity index (χ3n) is 9.02. The van der Waals surface area contributed by atoms with Gasteiger partial charge in [0.2, 0.25) is 6.10 Å². The zero-order chi connectivity index (χ0) is 36.2. The van der Waals surface area contributed by atoms with E-state index in [9.17, 15) is 9.59 Å². The van der Waals surface area contributed by atoms with E-state index >= 15 is 0 Å². The summed E-state index contributed by atoms with van der Waals surface area (Å²) < 4.78 is 19.5. The molecule has 0 radical (unpaired) electrons. The van der Waals surface area contributed by atoms with E-state index in [-0.39, 0.29) is 5.56 Å². The first kappa shape index (κ1) is 37.1. The van der Waals surface area contributed by atoms with Crippen molar-refractivity contribution in [2.45, 2.75) is 91.8 Å². The van der Waals surface area contributed by atoms with E-state index in [1.54, 1.807) is 4.57 Å². The van der Waals surface area contributed by atoms with E-state index in [0.29, 0.717) is 24.4 Å². The summed E-state index contributed by atoms with van der Waals surface area (Å²) in [7, 11) is 1.39. The van der Waals surface area contributed by atoms with Crippen LogP contribution < -0.4 is 15.0 Å². The number of aromatic nitrogens is 2. The smallest absolute Gasteiger partial charge is 0.351 e. The highest BCUT2D eigenvalue weighted by Gasteiger charge is 2.26. The predicted octanol–water partition coefficient (Wildman–Crippen LogP) is 9.25. The molecule has 1 heterocycles. The number of carbonyl (C=O) groups is 1. The Morgan fingerprint density at radius 3 is 2.00 bits per heavy atom. The number of hydrogen-bond acceptors (Lipinski definition) is 6. The summed E-state index contributed by atoms with van der Waals surface area (Å²) >= 11 is 0. The second-order valence-corrected chi connectivity index (χ2v) is 12.9. The molecule has 0 amide bonds. The second-order valence-electron chi connectivity index (χ2n) is 12.9. The summed E-state index contributed by atoms with van der Waals surface area (Å²) in [5, 5.41) is 0. The van der Waals surface area contributed by atoms with Gasteiger partial charge in [0.1, 0.15) is 23.9 Å². The largest absolute Gasteiger partial charge is 0.489 e. The number of methoxy groups -OCH3 is 1. The molecule has 1 aromatic heterocycles. The number of esters is 1. The second kappa shape index (κ2) is 18.2. The Hall–Kier alpha value is -5.17. The third kappa shape index (κ3) is 9.34. The minimum absolute atomic E-state index is 0.0594. The van der Waals surface area contributed by atoms with Crippen LogP contribution in [-0.4, -0.2) is 22.6 Å². The quantitative estimate of drug-likeness (QED) is 0.0908. The molecule has 0 aliphatic heterocycles. The molecule has 7 nitrogen and oxygen atoms in total. The van der Waals surface area contributed by atoms with Gasteiger partial charge >= 0.3 is 5.97 Å². The zero-order valence-electron chi connectivity index (χ0n) is 30.6. The van der Waals surface area contributed by atoms with Gasteiger partial charge in [0.05, 0.1) is 18.5 Å². The summed E-state index contributed by atoms with van der Waals surface area (Å²) in [4.78, 5) is 32.5. The van der Waals surface area contributed by atoms with E-state index in [2.05, 4.69) is 32.9 Å². The van der Waals surface area contributed by atoms with E-state index in [4.69, 9.17) is 19.2 Å². The van der Waals surface area contributed by atoms with E-state index in [1.165, 1.54) is 7.11 Å². The van der Waals surface area contributed by atoms with Crippen LogP contribution in [0.15, 0.2) is 102 Å². The van der Waals surface area contributed by atoms with Crippen molar-refractivity contribution in [2.24, 2.45) is 0 Å². The molecule has 266 valence electrons. The predicted molar refractivity (Wildman–Crippen MR) is 203 cm³/mol. The highest BCUT2D eigenvalue weighted by Crippen LogP contribution is 2.34. The molecule has 5 rings (SSSR count). The van der Waals surface area contributed by atoms with Crippen LogP contribution in [0.1, 0.15) is 97.5 Å². The third-order valence-corrected chi connectivity index (χ3v) is 9.02. The fourth-order valence-electron chi connectivity index (χ4n) is 6.48. The van der Waals surface area contributed by atoms with Crippen LogP contribution >= 0.6 is 0 Å². The van der Waals surface area contributed by atoms with Crippen molar-refractivity contribution in [3.05, 3.63) is 152 Å². The molecule has 0 aliphatic rings. The maximum absolute atomic E-state index is 14.5. The molecular weight excluding hydrogens is 636 g/mol. The molecule has 51 heavy (non-hydrogen) atoms. The van der Waals surface area contributed by atoms with Crippen LogP contribution in [0.25, 0.3) is 5.69 Å². The first-order valence-electron chi connectivity index (χ1n) is 18.2. The number of rotatable bonds is 17. The Labute approximate surface area is 302 Å². The summed E-state index contributed by atoms with van der Waals surface area (Å²) in [6.07, 6.45) is 5.55. The Bertz CT molecular complexity index is 1910. The molecule has 7 heteroatoms. The molecule has 5 aromatic rings. The van der Waals surface area contributed by atoms with E-state index in [0.717, 1.165) is 95.6 Å². The standard InChI is InChI=1S/C44H50N2O5/c1-6-9-22-40-39(43(47)46(31(4)45-40)37-23-25-38(26-24-37)50-30-32-18-12-10-13-19-32)29-33-27-35(16-7-2)41(36(28-33)17-8-3)51-42(44(48)49-5)34-20-14-11-15-21-34/h10-15,18-21,23-28,42H,6-9,16-17,22,29-30H2,1-5H3.